The van der Waals surface area contributed by atoms with Crippen LogP contribution in [0, 0.1) is 6.92 Å². The van der Waals surface area contributed by atoms with Crippen molar-refractivity contribution in [2.24, 2.45) is 0 Å². The zero-order chi connectivity index (χ0) is 19.4. The molecule has 0 aliphatic carbocycles. The summed E-state index contributed by atoms with van der Waals surface area (Å²) in [7, 11) is 0. The number of nitrogens with zero attached hydrogens (tertiary/aromatic N) is 2. The zero-order valence-electron chi connectivity index (χ0n) is 13.8. The standard InChI is InChI=1S/C19H13ClF3N2S2/c1-12-10-24-18(26-11-13-5-7-15(20)8-6-13)25-17(12)27-16-4-2-3-14(9-16)19(21,22)23/h2-10H,1,11H2. The van der Waals surface area contributed by atoms with Crippen molar-refractivity contribution in [2.45, 2.75) is 27.0 Å². The van der Waals surface area contributed by atoms with Gasteiger partial charge in [0.05, 0.1) is 5.56 Å². The summed E-state index contributed by atoms with van der Waals surface area (Å²) in [5, 5.41) is 1.73. The molecule has 1 radical (unpaired) electrons. The van der Waals surface area contributed by atoms with Crippen LogP contribution in [0.4, 0.5) is 13.2 Å². The van der Waals surface area contributed by atoms with Crippen LogP contribution in [0.5, 0.6) is 0 Å². The Kier molecular flexibility index (Phi) is 6.34. The molecule has 0 saturated heterocycles. The number of halogens is 4. The summed E-state index contributed by atoms with van der Waals surface area (Å²) in [5.74, 6) is 0.654. The molecule has 0 saturated carbocycles. The third kappa shape index (κ3) is 5.64. The number of hydrogen-bond acceptors (Lipinski definition) is 4. The van der Waals surface area contributed by atoms with Crippen LogP contribution in [0.3, 0.4) is 0 Å². The Balaban J connectivity index is 1.74. The van der Waals surface area contributed by atoms with Crippen molar-refractivity contribution < 1.29 is 13.2 Å². The summed E-state index contributed by atoms with van der Waals surface area (Å²) in [6.45, 7) is 3.86. The van der Waals surface area contributed by atoms with Crippen molar-refractivity contribution in [2.75, 3.05) is 0 Å². The molecule has 0 atom stereocenters. The maximum atomic E-state index is 12.9. The van der Waals surface area contributed by atoms with Crippen molar-refractivity contribution in [1.82, 2.24) is 9.97 Å². The maximum absolute atomic E-state index is 12.9. The molecule has 1 heterocycles. The summed E-state index contributed by atoms with van der Waals surface area (Å²) in [5.41, 5.74) is 0.941. The smallest absolute Gasteiger partial charge is 0.231 e. The first-order valence-electron chi connectivity index (χ1n) is 7.72. The summed E-state index contributed by atoms with van der Waals surface area (Å²) < 4.78 is 38.6. The van der Waals surface area contributed by atoms with E-state index in [0.717, 1.165) is 29.5 Å². The fourth-order valence-corrected chi connectivity index (χ4v) is 3.94. The molecule has 0 unspecified atom stereocenters. The minimum Gasteiger partial charge on any atom is -0.231 e. The number of thioether (sulfide) groups is 1. The van der Waals surface area contributed by atoms with Gasteiger partial charge < -0.3 is 0 Å². The van der Waals surface area contributed by atoms with Gasteiger partial charge in [0.15, 0.2) is 5.16 Å². The van der Waals surface area contributed by atoms with Crippen LogP contribution in [0.1, 0.15) is 16.7 Å². The second-order valence-electron chi connectivity index (χ2n) is 5.53. The van der Waals surface area contributed by atoms with Gasteiger partial charge in [-0.1, -0.05) is 53.3 Å². The molecule has 1 aromatic heterocycles. The molecule has 0 bridgehead atoms. The SMILES string of the molecule is [CH2]c1cnc(SCc2ccc(Cl)cc2)nc1Sc1cccc(C(F)(F)F)c1. The Morgan fingerprint density at radius 2 is 1.81 bits per heavy atom. The van der Waals surface area contributed by atoms with Gasteiger partial charge in [0.2, 0.25) is 0 Å². The van der Waals surface area contributed by atoms with Gasteiger partial charge in [-0.2, -0.15) is 13.2 Å². The molecular weight excluding hydrogens is 413 g/mol. The highest BCUT2D eigenvalue weighted by Crippen LogP contribution is 2.35. The average Bonchev–Trinajstić information content (AvgIpc) is 2.63. The van der Waals surface area contributed by atoms with Gasteiger partial charge in [-0.05, 0) is 42.8 Å². The Bertz CT molecular complexity index is 931. The highest BCUT2D eigenvalue weighted by atomic mass is 35.5. The van der Waals surface area contributed by atoms with Crippen molar-refractivity contribution in [3.8, 4) is 0 Å². The van der Waals surface area contributed by atoms with Crippen LogP contribution in [0.25, 0.3) is 0 Å². The molecule has 139 valence electrons. The minimum atomic E-state index is -4.38. The molecule has 3 aromatic rings. The molecule has 3 rings (SSSR count). The number of rotatable bonds is 5. The molecular formula is C19H13ClF3N2S2. The first-order chi connectivity index (χ1) is 12.8. The number of aromatic nitrogens is 2. The van der Waals surface area contributed by atoms with Gasteiger partial charge in [-0.15, -0.1) is 0 Å². The largest absolute Gasteiger partial charge is 0.416 e. The molecule has 0 aliphatic heterocycles. The molecule has 0 fully saturated rings. The van der Waals surface area contributed by atoms with Crippen LogP contribution in [0.15, 0.2) is 69.8 Å². The van der Waals surface area contributed by atoms with Crippen LogP contribution in [0.2, 0.25) is 5.02 Å². The summed E-state index contributed by atoms with van der Waals surface area (Å²) in [4.78, 5) is 9.12. The topological polar surface area (TPSA) is 25.8 Å². The monoisotopic (exact) mass is 425 g/mol. The minimum absolute atomic E-state index is 0.446. The molecule has 8 heteroatoms. The average molecular weight is 426 g/mol. The first-order valence-corrected chi connectivity index (χ1v) is 9.90. The Morgan fingerprint density at radius 3 is 2.52 bits per heavy atom. The lowest BCUT2D eigenvalue weighted by Crippen LogP contribution is -2.04. The third-order valence-electron chi connectivity index (χ3n) is 3.46. The van der Waals surface area contributed by atoms with E-state index in [4.69, 9.17) is 11.6 Å². The lowest BCUT2D eigenvalue weighted by Gasteiger charge is -2.10. The summed E-state index contributed by atoms with van der Waals surface area (Å²) in [6, 6.07) is 12.6. The van der Waals surface area contributed by atoms with E-state index >= 15 is 0 Å². The van der Waals surface area contributed by atoms with E-state index in [1.807, 2.05) is 24.3 Å². The van der Waals surface area contributed by atoms with E-state index in [1.54, 1.807) is 12.3 Å². The number of benzene rings is 2. The normalized spacial score (nSPS) is 11.6. The highest BCUT2D eigenvalue weighted by Gasteiger charge is 2.30. The van der Waals surface area contributed by atoms with Gasteiger partial charge >= 0.3 is 6.18 Å². The second-order valence-corrected chi connectivity index (χ2v) is 7.97. The van der Waals surface area contributed by atoms with Gasteiger partial charge in [-0.3, -0.25) is 0 Å². The van der Waals surface area contributed by atoms with Gasteiger partial charge in [0.25, 0.3) is 0 Å². The highest BCUT2D eigenvalue weighted by molar-refractivity contribution is 7.99. The predicted molar refractivity (Wildman–Crippen MR) is 103 cm³/mol. The molecule has 2 aromatic carbocycles. The molecule has 0 N–H and O–H groups in total. The van der Waals surface area contributed by atoms with Gasteiger partial charge in [-0.25, -0.2) is 9.97 Å². The lowest BCUT2D eigenvalue weighted by molar-refractivity contribution is -0.137. The zero-order valence-corrected chi connectivity index (χ0v) is 16.2. The molecule has 27 heavy (non-hydrogen) atoms. The number of alkyl halides is 3. The first kappa shape index (κ1) is 20.0. The van der Waals surface area contributed by atoms with Crippen molar-refractivity contribution in [3.63, 3.8) is 0 Å². The lowest BCUT2D eigenvalue weighted by atomic mass is 10.2. The maximum Gasteiger partial charge on any atom is 0.416 e. The molecule has 0 aliphatic rings. The van der Waals surface area contributed by atoms with Crippen molar-refractivity contribution in [1.29, 1.82) is 0 Å². The van der Waals surface area contributed by atoms with E-state index in [-0.39, 0.29) is 0 Å². The second kappa shape index (κ2) is 8.54. The summed E-state index contributed by atoms with van der Waals surface area (Å²) >= 11 is 8.44. The number of hydrogen-bond donors (Lipinski definition) is 0. The van der Waals surface area contributed by atoms with Gasteiger partial charge in [0.1, 0.15) is 5.03 Å². The Labute approximate surface area is 168 Å². The predicted octanol–water partition coefficient (Wildman–Crippen LogP) is 6.77. The molecule has 0 spiro atoms. The van der Waals surface area contributed by atoms with Crippen LogP contribution >= 0.6 is 35.1 Å². The third-order valence-corrected chi connectivity index (χ3v) is 5.68. The fraction of sp³-hybridized carbons (Fsp3) is 0.105. The molecule has 2 nitrogen and oxygen atoms in total. The fourth-order valence-electron chi connectivity index (χ4n) is 2.11. The van der Waals surface area contributed by atoms with Crippen molar-refractivity contribution >= 4 is 35.1 Å². The van der Waals surface area contributed by atoms with Crippen LogP contribution < -0.4 is 0 Å². The Morgan fingerprint density at radius 1 is 1.07 bits per heavy atom. The molecule has 0 amide bonds. The van der Waals surface area contributed by atoms with E-state index < -0.39 is 11.7 Å². The van der Waals surface area contributed by atoms with E-state index in [1.165, 1.54) is 17.8 Å². The van der Waals surface area contributed by atoms with E-state index in [0.29, 0.717) is 31.4 Å². The van der Waals surface area contributed by atoms with Crippen LogP contribution in [-0.2, 0) is 11.9 Å². The summed E-state index contributed by atoms with van der Waals surface area (Å²) in [6.07, 6.45) is -2.80. The van der Waals surface area contributed by atoms with Crippen molar-refractivity contribution in [3.05, 3.63) is 83.4 Å². The quantitative estimate of drug-likeness (QED) is 0.256. The Hall–Kier alpha value is -1.70. The van der Waals surface area contributed by atoms with Crippen LogP contribution in [-0.4, -0.2) is 9.97 Å². The van der Waals surface area contributed by atoms with E-state index in [9.17, 15) is 13.2 Å². The van der Waals surface area contributed by atoms with Gasteiger partial charge in [0, 0.05) is 27.4 Å². The van der Waals surface area contributed by atoms with E-state index in [2.05, 4.69) is 16.9 Å².